The number of hydrogen-bond donors (Lipinski definition) is 1. The molecule has 2 aromatic carbocycles. The molecule has 0 radical (unpaired) electrons. The van der Waals surface area contributed by atoms with E-state index in [4.69, 9.17) is 28.9 Å². The number of nitrogens with zero attached hydrogens (tertiary/aromatic N) is 5. The molecule has 32 heavy (non-hydrogen) atoms. The predicted octanol–water partition coefficient (Wildman–Crippen LogP) is 4.11. The zero-order valence-corrected chi connectivity index (χ0v) is 19.8. The number of nitrogens with two attached hydrogens (primary N) is 1. The van der Waals surface area contributed by atoms with E-state index < -0.39 is 0 Å². The van der Waals surface area contributed by atoms with Crippen LogP contribution < -0.4 is 5.73 Å². The maximum absolute atomic E-state index is 13.1. The number of anilines is 1. The van der Waals surface area contributed by atoms with E-state index in [1.807, 2.05) is 37.4 Å². The summed E-state index contributed by atoms with van der Waals surface area (Å²) in [5, 5.41) is 1.12. The molecule has 2 heterocycles. The van der Waals surface area contributed by atoms with Crippen LogP contribution in [-0.4, -0.2) is 63.9 Å². The zero-order valence-electron chi connectivity index (χ0n) is 17.5. The van der Waals surface area contributed by atoms with Crippen LogP contribution in [0.5, 0.6) is 0 Å². The largest absolute Gasteiger partial charge is 0.368 e. The third-order valence-corrected chi connectivity index (χ3v) is 6.71. The highest BCUT2D eigenvalue weighted by Crippen LogP contribution is 2.33. The summed E-state index contributed by atoms with van der Waals surface area (Å²) in [6.45, 7) is 2.91. The Morgan fingerprint density at radius 1 is 1.03 bits per heavy atom. The molecular weight excluding hydrogens is 467 g/mol. The first kappa shape index (κ1) is 22.8. The van der Waals surface area contributed by atoms with E-state index >= 15 is 0 Å². The van der Waals surface area contributed by atoms with Crippen LogP contribution in [0.1, 0.15) is 15.9 Å². The van der Waals surface area contributed by atoms with E-state index in [9.17, 15) is 4.79 Å². The zero-order chi connectivity index (χ0) is 22.7. The van der Waals surface area contributed by atoms with Crippen molar-refractivity contribution in [3.8, 4) is 11.4 Å². The van der Waals surface area contributed by atoms with Crippen molar-refractivity contribution < 1.29 is 4.79 Å². The van der Waals surface area contributed by atoms with Crippen LogP contribution in [-0.2, 0) is 5.75 Å². The SMILES string of the molecule is CN1CCN(C(=O)c2cc(-c3nc(N)nc(SCc4ccccc4)n3)c(Cl)cc2Cl)CC1. The minimum Gasteiger partial charge on any atom is -0.368 e. The summed E-state index contributed by atoms with van der Waals surface area (Å²) in [6, 6.07) is 13.2. The molecule has 1 saturated heterocycles. The molecule has 1 aromatic heterocycles. The molecule has 0 saturated carbocycles. The van der Waals surface area contributed by atoms with E-state index in [0.717, 1.165) is 18.7 Å². The average Bonchev–Trinajstić information content (AvgIpc) is 2.78. The van der Waals surface area contributed by atoms with Crippen molar-refractivity contribution in [1.82, 2.24) is 24.8 Å². The van der Waals surface area contributed by atoms with E-state index in [-0.39, 0.29) is 11.9 Å². The fourth-order valence-electron chi connectivity index (χ4n) is 3.34. The lowest BCUT2D eigenvalue weighted by atomic mass is 10.1. The molecule has 7 nitrogen and oxygen atoms in total. The standard InChI is InChI=1S/C22H22Cl2N6OS/c1-29-7-9-30(10-8-29)20(31)16-11-15(17(23)12-18(16)24)19-26-21(25)28-22(27-19)32-13-14-5-3-2-4-6-14/h2-6,11-12H,7-10,13H2,1H3,(H2,25,26,27,28). The first-order valence-corrected chi connectivity index (χ1v) is 11.8. The van der Waals surface area contributed by atoms with Crippen molar-refractivity contribution in [1.29, 1.82) is 0 Å². The molecule has 0 atom stereocenters. The minimum absolute atomic E-state index is 0.0866. The van der Waals surface area contributed by atoms with Crippen molar-refractivity contribution in [3.63, 3.8) is 0 Å². The third-order valence-electron chi connectivity index (χ3n) is 5.16. The lowest BCUT2D eigenvalue weighted by Crippen LogP contribution is -2.47. The predicted molar refractivity (Wildman–Crippen MR) is 129 cm³/mol. The first-order valence-electron chi connectivity index (χ1n) is 10.1. The van der Waals surface area contributed by atoms with Crippen LogP contribution in [0.4, 0.5) is 5.95 Å². The number of thioether (sulfide) groups is 1. The number of halogens is 2. The minimum atomic E-state index is -0.137. The average molecular weight is 489 g/mol. The number of hydrogen-bond acceptors (Lipinski definition) is 7. The summed E-state index contributed by atoms with van der Waals surface area (Å²) in [5.74, 6) is 0.943. The Bertz CT molecular complexity index is 1120. The number of aromatic nitrogens is 3. The Labute approximate surface area is 201 Å². The maximum atomic E-state index is 13.1. The third kappa shape index (κ3) is 5.32. The molecule has 1 fully saturated rings. The van der Waals surface area contributed by atoms with Gasteiger partial charge in [0.1, 0.15) is 0 Å². The van der Waals surface area contributed by atoms with Crippen molar-refractivity contribution in [3.05, 3.63) is 63.6 Å². The summed E-state index contributed by atoms with van der Waals surface area (Å²) in [7, 11) is 2.04. The summed E-state index contributed by atoms with van der Waals surface area (Å²) in [4.78, 5) is 30.1. The first-order chi connectivity index (χ1) is 15.4. The monoisotopic (exact) mass is 488 g/mol. The molecule has 0 unspecified atom stereocenters. The Balaban J connectivity index is 1.62. The number of benzene rings is 2. The molecule has 10 heteroatoms. The van der Waals surface area contributed by atoms with E-state index in [1.54, 1.807) is 17.0 Å². The van der Waals surface area contributed by atoms with Crippen LogP contribution in [0.15, 0.2) is 47.6 Å². The number of likely N-dealkylation sites (N-methyl/N-ethyl adjacent to an activating group) is 1. The normalized spacial score (nSPS) is 14.5. The summed E-state index contributed by atoms with van der Waals surface area (Å²) >= 11 is 14.3. The highest BCUT2D eigenvalue weighted by atomic mass is 35.5. The van der Waals surface area contributed by atoms with Crippen LogP contribution in [0, 0.1) is 0 Å². The van der Waals surface area contributed by atoms with Crippen molar-refractivity contribution in [2.75, 3.05) is 39.0 Å². The second-order valence-corrected chi connectivity index (χ2v) is 9.24. The molecule has 166 valence electrons. The Morgan fingerprint density at radius 3 is 2.47 bits per heavy atom. The smallest absolute Gasteiger partial charge is 0.255 e. The molecule has 2 N–H and O–H groups in total. The Morgan fingerprint density at radius 2 is 1.75 bits per heavy atom. The van der Waals surface area contributed by atoms with Crippen molar-refractivity contribution in [2.45, 2.75) is 10.9 Å². The van der Waals surface area contributed by atoms with Crippen molar-refractivity contribution >= 4 is 46.8 Å². The van der Waals surface area contributed by atoms with Gasteiger partial charge in [0.25, 0.3) is 5.91 Å². The molecule has 1 aliphatic rings. The number of carbonyl (C=O) groups is 1. The maximum Gasteiger partial charge on any atom is 0.255 e. The number of piperazine rings is 1. The topological polar surface area (TPSA) is 88.2 Å². The van der Waals surface area contributed by atoms with E-state index in [2.05, 4.69) is 19.9 Å². The molecule has 4 rings (SSSR count). The second kappa shape index (κ2) is 10.0. The van der Waals surface area contributed by atoms with Gasteiger partial charge in [-0.2, -0.15) is 9.97 Å². The van der Waals surface area contributed by atoms with Gasteiger partial charge in [-0.25, -0.2) is 4.98 Å². The molecule has 0 aliphatic carbocycles. The Kier molecular flexibility index (Phi) is 7.15. The van der Waals surface area contributed by atoms with Gasteiger partial charge in [0, 0.05) is 37.5 Å². The molecule has 1 aliphatic heterocycles. The van der Waals surface area contributed by atoms with Crippen LogP contribution in [0.25, 0.3) is 11.4 Å². The fraction of sp³-hybridized carbons (Fsp3) is 0.273. The summed E-state index contributed by atoms with van der Waals surface area (Å²) in [5.41, 5.74) is 7.95. The highest BCUT2D eigenvalue weighted by molar-refractivity contribution is 7.98. The number of amides is 1. The van der Waals surface area contributed by atoms with Crippen LogP contribution in [0.2, 0.25) is 10.0 Å². The number of carbonyl (C=O) groups excluding carboxylic acids is 1. The van der Waals surface area contributed by atoms with E-state index in [1.165, 1.54) is 11.8 Å². The lowest BCUT2D eigenvalue weighted by Gasteiger charge is -2.32. The number of rotatable bonds is 5. The molecule has 0 bridgehead atoms. The second-order valence-electron chi connectivity index (χ2n) is 7.48. The van der Waals surface area contributed by atoms with Gasteiger partial charge in [0.2, 0.25) is 5.95 Å². The lowest BCUT2D eigenvalue weighted by molar-refractivity contribution is 0.0664. The highest BCUT2D eigenvalue weighted by Gasteiger charge is 2.24. The van der Waals surface area contributed by atoms with Gasteiger partial charge in [-0.15, -0.1) is 0 Å². The molecular formula is C22H22Cl2N6OS. The molecule has 1 amide bonds. The fourth-order valence-corrected chi connectivity index (χ4v) is 4.69. The Hall–Kier alpha value is -2.39. The van der Waals surface area contributed by atoms with Gasteiger partial charge >= 0.3 is 0 Å². The molecule has 0 spiro atoms. The van der Waals surface area contributed by atoms with Gasteiger partial charge in [-0.3, -0.25) is 4.79 Å². The van der Waals surface area contributed by atoms with Crippen LogP contribution >= 0.6 is 35.0 Å². The summed E-state index contributed by atoms with van der Waals surface area (Å²) in [6.07, 6.45) is 0. The number of nitrogen functional groups attached to an aromatic ring is 1. The van der Waals surface area contributed by atoms with Gasteiger partial charge in [-0.05, 0) is 24.7 Å². The van der Waals surface area contributed by atoms with E-state index in [0.29, 0.717) is 51.0 Å². The quantitative estimate of drug-likeness (QED) is 0.540. The van der Waals surface area contributed by atoms with Gasteiger partial charge in [-0.1, -0.05) is 65.3 Å². The van der Waals surface area contributed by atoms with Crippen LogP contribution in [0.3, 0.4) is 0 Å². The van der Waals surface area contributed by atoms with Crippen molar-refractivity contribution in [2.24, 2.45) is 0 Å². The van der Waals surface area contributed by atoms with Gasteiger partial charge in [0.15, 0.2) is 11.0 Å². The molecule has 3 aromatic rings. The van der Waals surface area contributed by atoms with Gasteiger partial charge in [0.05, 0.1) is 15.6 Å². The summed E-state index contributed by atoms with van der Waals surface area (Å²) < 4.78 is 0. The van der Waals surface area contributed by atoms with Gasteiger partial charge < -0.3 is 15.5 Å².